The maximum absolute atomic E-state index is 12.9. The van der Waals surface area contributed by atoms with Crippen molar-refractivity contribution in [2.24, 2.45) is 11.8 Å². The number of halogens is 4. The minimum Gasteiger partial charge on any atom is -0.452 e. The average Bonchev–Trinajstić information content (AvgIpc) is 3.03. The highest BCUT2D eigenvalue weighted by Gasteiger charge is 2.52. The first-order valence-corrected chi connectivity index (χ1v) is 12.4. The lowest BCUT2D eigenvalue weighted by atomic mass is 9.80. The van der Waals surface area contributed by atoms with Crippen molar-refractivity contribution in [3.05, 3.63) is 57.5 Å². The molecule has 0 radical (unpaired) electrons. The Labute approximate surface area is 218 Å². The summed E-state index contributed by atoms with van der Waals surface area (Å²) in [4.78, 5) is 51.6. The third-order valence-electron chi connectivity index (χ3n) is 5.79. The lowest BCUT2D eigenvalue weighted by molar-refractivity contribution is -0.122. The molecule has 1 saturated heterocycles. The Morgan fingerprint density at radius 2 is 1.68 bits per heavy atom. The second-order valence-corrected chi connectivity index (χ2v) is 10.5. The van der Waals surface area contributed by atoms with Gasteiger partial charge in [0.05, 0.1) is 44.6 Å². The molecule has 4 atom stereocenters. The van der Waals surface area contributed by atoms with Crippen LogP contribution in [0.2, 0.25) is 5.02 Å². The number of benzene rings is 2. The summed E-state index contributed by atoms with van der Waals surface area (Å²) in [5.74, 6) is -3.14. The number of hydrogen-bond acceptors (Lipinski definition) is 5. The minimum atomic E-state index is -0.781. The van der Waals surface area contributed by atoms with Crippen LogP contribution >= 0.6 is 50.7 Å². The molecule has 2 aromatic carbocycles. The molecule has 3 amide bonds. The molecule has 0 aromatic heterocycles. The summed E-state index contributed by atoms with van der Waals surface area (Å²) in [6.07, 6.45) is 0.640. The van der Waals surface area contributed by atoms with Gasteiger partial charge in [-0.05, 0) is 49.2 Å². The summed E-state index contributed by atoms with van der Waals surface area (Å²) in [6, 6.07) is 10.9. The number of imide groups is 1. The van der Waals surface area contributed by atoms with Crippen LogP contribution in [0.15, 0.2) is 46.9 Å². The summed E-state index contributed by atoms with van der Waals surface area (Å²) in [6.45, 7) is -0.546. The third-order valence-corrected chi connectivity index (χ3v) is 7.69. The van der Waals surface area contributed by atoms with E-state index in [0.717, 1.165) is 9.37 Å². The summed E-state index contributed by atoms with van der Waals surface area (Å²) in [5, 5.41) is 2.10. The fourth-order valence-corrected chi connectivity index (χ4v) is 5.42. The van der Waals surface area contributed by atoms with Crippen LogP contribution in [0.4, 0.5) is 11.4 Å². The van der Waals surface area contributed by atoms with E-state index in [1.165, 1.54) is 18.2 Å². The largest absolute Gasteiger partial charge is 0.452 e. The number of carbonyl (C=O) groups excluding carboxylic acids is 4. The molecule has 2 aromatic rings. The van der Waals surface area contributed by atoms with Gasteiger partial charge in [-0.2, -0.15) is 0 Å². The van der Waals surface area contributed by atoms with Gasteiger partial charge in [0, 0.05) is 4.47 Å². The first-order chi connectivity index (χ1) is 16.2. The van der Waals surface area contributed by atoms with Crippen molar-refractivity contribution >= 4 is 85.8 Å². The van der Waals surface area contributed by atoms with Crippen LogP contribution < -0.4 is 10.2 Å². The monoisotopic (exact) mass is 586 g/mol. The summed E-state index contributed by atoms with van der Waals surface area (Å²) in [5.41, 5.74) is 0.717. The molecule has 1 aliphatic carbocycles. The fraction of sp³-hybridized carbons (Fsp3) is 0.304. The van der Waals surface area contributed by atoms with Gasteiger partial charge in [0.2, 0.25) is 11.8 Å². The number of alkyl halides is 2. The van der Waals surface area contributed by atoms with Gasteiger partial charge in [0.25, 0.3) is 5.91 Å². The Hall–Kier alpha value is -2.13. The molecule has 2 fully saturated rings. The van der Waals surface area contributed by atoms with Crippen LogP contribution in [0.1, 0.15) is 23.2 Å². The van der Waals surface area contributed by atoms with Crippen LogP contribution in [0.5, 0.6) is 0 Å². The Morgan fingerprint density at radius 3 is 2.29 bits per heavy atom. The van der Waals surface area contributed by atoms with E-state index in [4.69, 9.17) is 39.5 Å². The normalized spacial score (nSPS) is 24.1. The number of amides is 3. The van der Waals surface area contributed by atoms with Crippen LogP contribution in [0, 0.1) is 11.8 Å². The van der Waals surface area contributed by atoms with Crippen molar-refractivity contribution in [1.82, 2.24) is 0 Å². The molecule has 7 nitrogen and oxygen atoms in total. The SMILES string of the molecule is O=C(COC(=O)c1cccc(N2C(=O)[C@H]3C[C@@H](Cl)[C@@H](Cl)C[C@H]3C2=O)c1)Nc1ccc(Br)cc1Cl. The topological polar surface area (TPSA) is 92.8 Å². The predicted molar refractivity (Wildman–Crippen MR) is 132 cm³/mol. The van der Waals surface area contributed by atoms with Crippen molar-refractivity contribution in [3.63, 3.8) is 0 Å². The van der Waals surface area contributed by atoms with Gasteiger partial charge in [-0.15, -0.1) is 23.2 Å². The molecule has 2 aliphatic rings. The van der Waals surface area contributed by atoms with Gasteiger partial charge >= 0.3 is 5.97 Å². The van der Waals surface area contributed by atoms with Gasteiger partial charge < -0.3 is 10.1 Å². The van der Waals surface area contributed by atoms with E-state index >= 15 is 0 Å². The third kappa shape index (κ3) is 5.10. The number of ether oxygens (including phenoxy) is 1. The number of rotatable bonds is 5. The number of hydrogen-bond donors (Lipinski definition) is 1. The summed E-state index contributed by atoms with van der Waals surface area (Å²) < 4.78 is 5.84. The smallest absolute Gasteiger partial charge is 0.338 e. The molecule has 4 rings (SSSR count). The number of esters is 1. The zero-order valence-electron chi connectivity index (χ0n) is 17.5. The first-order valence-electron chi connectivity index (χ1n) is 10.3. The highest BCUT2D eigenvalue weighted by Crippen LogP contribution is 2.43. The van der Waals surface area contributed by atoms with Gasteiger partial charge in [-0.3, -0.25) is 19.3 Å². The molecule has 34 heavy (non-hydrogen) atoms. The standard InChI is InChI=1S/C23H18BrCl3N2O5/c24-12-4-5-19(18(27)7-12)28-20(30)10-34-23(33)11-2-1-3-13(6-11)29-21(31)14-8-16(25)17(26)9-15(14)22(29)32/h1-7,14-17H,8-10H2,(H,28,30)/t14-,15+,16+,17-. The van der Waals surface area contributed by atoms with Crippen LogP contribution in [-0.2, 0) is 19.1 Å². The summed E-state index contributed by atoms with van der Waals surface area (Å²) >= 11 is 21.8. The van der Waals surface area contributed by atoms with Gasteiger partial charge in [-0.1, -0.05) is 33.6 Å². The Balaban J connectivity index is 1.42. The number of anilines is 2. The zero-order chi connectivity index (χ0) is 24.6. The van der Waals surface area contributed by atoms with E-state index in [1.54, 1.807) is 24.3 Å². The molecule has 1 aliphatic heterocycles. The van der Waals surface area contributed by atoms with Crippen LogP contribution in [0.25, 0.3) is 0 Å². The molecule has 11 heteroatoms. The van der Waals surface area contributed by atoms with Crippen LogP contribution in [-0.4, -0.2) is 41.1 Å². The Morgan fingerprint density at radius 1 is 1.03 bits per heavy atom. The molecule has 0 unspecified atom stereocenters. The van der Waals surface area contributed by atoms with E-state index in [0.29, 0.717) is 23.6 Å². The van der Waals surface area contributed by atoms with Crippen molar-refractivity contribution in [3.8, 4) is 0 Å². The van der Waals surface area contributed by atoms with E-state index in [-0.39, 0.29) is 33.8 Å². The van der Waals surface area contributed by atoms with Crippen molar-refractivity contribution < 1.29 is 23.9 Å². The second kappa shape index (κ2) is 10.2. The molecule has 1 saturated carbocycles. The first kappa shape index (κ1) is 25.0. The molecule has 0 spiro atoms. The molecule has 178 valence electrons. The quantitative estimate of drug-likeness (QED) is 0.301. The van der Waals surface area contributed by atoms with Crippen molar-refractivity contribution in [2.45, 2.75) is 23.6 Å². The van der Waals surface area contributed by atoms with E-state index in [1.807, 2.05) is 0 Å². The van der Waals surface area contributed by atoms with Gasteiger partial charge in [0.15, 0.2) is 6.61 Å². The number of carbonyl (C=O) groups is 4. The van der Waals surface area contributed by atoms with Gasteiger partial charge in [-0.25, -0.2) is 4.79 Å². The fourth-order valence-electron chi connectivity index (χ4n) is 4.11. The lowest BCUT2D eigenvalue weighted by Crippen LogP contribution is -2.34. The average molecular weight is 589 g/mol. The van der Waals surface area contributed by atoms with Crippen molar-refractivity contribution in [2.75, 3.05) is 16.8 Å². The second-order valence-electron chi connectivity index (χ2n) is 8.03. The van der Waals surface area contributed by atoms with E-state index < -0.39 is 30.3 Å². The molecule has 1 heterocycles. The zero-order valence-corrected chi connectivity index (χ0v) is 21.3. The minimum absolute atomic E-state index is 0.0906. The maximum Gasteiger partial charge on any atom is 0.338 e. The van der Waals surface area contributed by atoms with E-state index in [2.05, 4.69) is 21.2 Å². The van der Waals surface area contributed by atoms with Crippen molar-refractivity contribution in [1.29, 1.82) is 0 Å². The summed E-state index contributed by atoms with van der Waals surface area (Å²) in [7, 11) is 0. The number of nitrogens with one attached hydrogen (secondary N) is 1. The number of nitrogens with zero attached hydrogens (tertiary/aromatic N) is 1. The molecule has 1 N–H and O–H groups in total. The van der Waals surface area contributed by atoms with Crippen LogP contribution in [0.3, 0.4) is 0 Å². The highest BCUT2D eigenvalue weighted by molar-refractivity contribution is 9.10. The Kier molecular flexibility index (Phi) is 7.52. The van der Waals surface area contributed by atoms with E-state index in [9.17, 15) is 19.2 Å². The number of fused-ring (bicyclic) bond motifs is 1. The maximum atomic E-state index is 12.9. The Bertz CT molecular complexity index is 1150. The highest BCUT2D eigenvalue weighted by atomic mass is 79.9. The molecular formula is C23H18BrCl3N2O5. The predicted octanol–water partition coefficient (Wildman–Crippen LogP) is 5.01. The molecular weight excluding hydrogens is 571 g/mol. The molecule has 0 bridgehead atoms. The van der Waals surface area contributed by atoms with Gasteiger partial charge in [0.1, 0.15) is 0 Å². The lowest BCUT2D eigenvalue weighted by Gasteiger charge is -2.28.